The van der Waals surface area contributed by atoms with E-state index in [4.69, 9.17) is 14.2 Å². The van der Waals surface area contributed by atoms with Crippen LogP contribution in [0.4, 0.5) is 0 Å². The van der Waals surface area contributed by atoms with Gasteiger partial charge in [-0.3, -0.25) is 4.79 Å². The Morgan fingerprint density at radius 2 is 1.78 bits per heavy atom. The van der Waals surface area contributed by atoms with Gasteiger partial charge in [0.15, 0.2) is 11.5 Å². The van der Waals surface area contributed by atoms with Gasteiger partial charge in [-0.1, -0.05) is 43.0 Å². The zero-order chi connectivity index (χ0) is 26.4. The molecule has 2 atom stereocenters. The number of fused-ring (bicyclic) bond motifs is 1. The van der Waals surface area contributed by atoms with E-state index in [2.05, 4.69) is 22.1 Å². The number of ether oxygens (including phenoxy) is 3. The molecule has 4 aromatic rings. The van der Waals surface area contributed by atoms with Crippen molar-refractivity contribution in [3.63, 3.8) is 0 Å². The molecule has 3 N–H and O–H groups in total. The molecule has 37 heavy (non-hydrogen) atoms. The highest BCUT2D eigenvalue weighted by atomic mass is 16.5. The maximum absolute atomic E-state index is 13.3. The molecule has 0 saturated heterocycles. The Morgan fingerprint density at radius 3 is 2.54 bits per heavy atom. The third-order valence-electron chi connectivity index (χ3n) is 6.23. The molecule has 7 heteroatoms. The lowest BCUT2D eigenvalue weighted by atomic mass is 9.97. The van der Waals surface area contributed by atoms with Crippen molar-refractivity contribution in [3.8, 4) is 34.5 Å². The smallest absolute Gasteiger partial charge is 0.253 e. The zero-order valence-corrected chi connectivity index (χ0v) is 21.3. The minimum Gasteiger partial charge on any atom is -0.493 e. The van der Waals surface area contributed by atoms with Crippen molar-refractivity contribution in [2.24, 2.45) is 0 Å². The lowest BCUT2D eigenvalue weighted by Gasteiger charge is -2.20. The van der Waals surface area contributed by atoms with Crippen molar-refractivity contribution >= 4 is 16.8 Å². The van der Waals surface area contributed by atoms with Crippen LogP contribution in [0.2, 0.25) is 0 Å². The second kappa shape index (κ2) is 11.7. The van der Waals surface area contributed by atoms with Crippen LogP contribution in [0.15, 0.2) is 66.9 Å². The molecule has 0 aliphatic carbocycles. The first-order valence-electron chi connectivity index (χ1n) is 11.9. The summed E-state index contributed by atoms with van der Waals surface area (Å²) in [5.41, 5.74) is 4.52. The van der Waals surface area contributed by atoms with Gasteiger partial charge in [0, 0.05) is 41.3 Å². The Kier molecular flexibility index (Phi) is 8.14. The Hall–Kier alpha value is -4.25. The van der Waals surface area contributed by atoms with Crippen LogP contribution in [-0.2, 0) is 4.74 Å². The number of aromatic nitrogens is 1. The van der Waals surface area contributed by atoms with Crippen molar-refractivity contribution in [1.29, 1.82) is 0 Å². The number of aliphatic hydroxyl groups excluding tert-OH is 1. The lowest BCUT2D eigenvalue weighted by Crippen LogP contribution is -2.38. The van der Waals surface area contributed by atoms with Crippen molar-refractivity contribution in [3.05, 3.63) is 83.6 Å². The van der Waals surface area contributed by atoms with Gasteiger partial charge in [-0.2, -0.15) is 0 Å². The molecule has 0 aliphatic rings. The minimum atomic E-state index is -1.10. The number of carbonyl (C=O) groups is 1. The fourth-order valence-corrected chi connectivity index (χ4v) is 4.21. The Morgan fingerprint density at radius 1 is 1.00 bits per heavy atom. The number of carbonyl (C=O) groups excluding carboxylic acids is 1. The molecule has 0 aliphatic heterocycles. The zero-order valence-electron chi connectivity index (χ0n) is 21.3. The molecular formula is C30H30N2O5. The maximum atomic E-state index is 13.3. The van der Waals surface area contributed by atoms with E-state index in [0.29, 0.717) is 22.6 Å². The molecule has 4 rings (SSSR count). The van der Waals surface area contributed by atoms with E-state index >= 15 is 0 Å². The molecule has 0 bridgehead atoms. The summed E-state index contributed by atoms with van der Waals surface area (Å²) in [5, 5.41) is 14.7. The average Bonchev–Trinajstić information content (AvgIpc) is 3.36. The van der Waals surface area contributed by atoms with Crippen LogP contribution < -0.4 is 14.8 Å². The number of hydrogen-bond acceptors (Lipinski definition) is 5. The van der Waals surface area contributed by atoms with Crippen molar-refractivity contribution in [2.45, 2.75) is 19.1 Å². The van der Waals surface area contributed by atoms with Crippen LogP contribution in [0.25, 0.3) is 22.0 Å². The van der Waals surface area contributed by atoms with E-state index < -0.39 is 12.1 Å². The molecule has 1 heterocycles. The van der Waals surface area contributed by atoms with Gasteiger partial charge in [-0.05, 0) is 53.1 Å². The first-order valence-corrected chi connectivity index (χ1v) is 11.9. The van der Waals surface area contributed by atoms with Crippen LogP contribution >= 0.6 is 0 Å². The molecule has 0 fully saturated rings. The molecule has 0 saturated carbocycles. The van der Waals surface area contributed by atoms with Crippen LogP contribution in [0.3, 0.4) is 0 Å². The summed E-state index contributed by atoms with van der Waals surface area (Å²) in [6.45, 7) is 2.14. The quantitative estimate of drug-likeness (QED) is 0.242. The third-order valence-corrected chi connectivity index (χ3v) is 6.23. The van der Waals surface area contributed by atoms with E-state index in [1.807, 2.05) is 61.7 Å². The summed E-state index contributed by atoms with van der Waals surface area (Å²) in [7, 11) is 4.72. The second-order valence-electron chi connectivity index (χ2n) is 8.60. The van der Waals surface area contributed by atoms with Gasteiger partial charge in [0.25, 0.3) is 5.91 Å². The van der Waals surface area contributed by atoms with E-state index in [0.717, 1.165) is 27.6 Å². The fraction of sp³-hybridized carbons (Fsp3) is 0.233. The number of methoxy groups -OCH3 is 3. The van der Waals surface area contributed by atoms with Crippen LogP contribution in [-0.4, -0.2) is 50.2 Å². The highest BCUT2D eigenvalue weighted by molar-refractivity contribution is 5.96. The van der Waals surface area contributed by atoms with E-state index in [-0.39, 0.29) is 12.5 Å². The van der Waals surface area contributed by atoms with Gasteiger partial charge in [-0.15, -0.1) is 0 Å². The van der Waals surface area contributed by atoms with Crippen molar-refractivity contribution in [1.82, 2.24) is 10.3 Å². The molecule has 0 spiro atoms. The number of H-pyrrole nitrogens is 1. The largest absolute Gasteiger partial charge is 0.493 e. The van der Waals surface area contributed by atoms with Gasteiger partial charge in [0.05, 0.1) is 14.2 Å². The molecule has 1 aromatic heterocycles. The summed E-state index contributed by atoms with van der Waals surface area (Å²) >= 11 is 0. The average molecular weight is 499 g/mol. The van der Waals surface area contributed by atoms with Gasteiger partial charge in [-0.25, -0.2) is 0 Å². The molecule has 1 amide bonds. The minimum absolute atomic E-state index is 0.267. The highest BCUT2D eigenvalue weighted by Crippen LogP contribution is 2.33. The number of benzene rings is 3. The number of aromatic amines is 1. The summed E-state index contributed by atoms with van der Waals surface area (Å²) < 4.78 is 15.8. The number of amides is 1. The molecule has 7 nitrogen and oxygen atoms in total. The molecule has 0 radical (unpaired) electrons. The van der Waals surface area contributed by atoms with Crippen molar-refractivity contribution in [2.75, 3.05) is 27.9 Å². The summed E-state index contributed by atoms with van der Waals surface area (Å²) in [5.74, 6) is 6.41. The van der Waals surface area contributed by atoms with E-state index in [9.17, 15) is 9.90 Å². The van der Waals surface area contributed by atoms with Crippen molar-refractivity contribution < 1.29 is 24.1 Å². The predicted molar refractivity (Wildman–Crippen MR) is 144 cm³/mol. The van der Waals surface area contributed by atoms with E-state index in [1.54, 1.807) is 33.5 Å². The second-order valence-corrected chi connectivity index (χ2v) is 8.60. The topological polar surface area (TPSA) is 92.8 Å². The number of para-hydroxylation sites is 1. The predicted octanol–water partition coefficient (Wildman–Crippen LogP) is 4.70. The first-order chi connectivity index (χ1) is 17.9. The lowest BCUT2D eigenvalue weighted by molar-refractivity contribution is 0.0728. The Labute approximate surface area is 216 Å². The van der Waals surface area contributed by atoms with Gasteiger partial charge in [0.1, 0.15) is 12.8 Å². The van der Waals surface area contributed by atoms with Crippen LogP contribution in [0, 0.1) is 11.8 Å². The number of aliphatic hydroxyl groups is 1. The monoisotopic (exact) mass is 498 g/mol. The number of hydrogen-bond donors (Lipinski definition) is 3. The Balaban J connectivity index is 1.64. The Bertz CT molecular complexity index is 1460. The van der Waals surface area contributed by atoms with Gasteiger partial charge < -0.3 is 29.6 Å². The summed E-state index contributed by atoms with van der Waals surface area (Å²) in [6, 6.07) is 18.8. The molecular weight excluding hydrogens is 468 g/mol. The first kappa shape index (κ1) is 25.8. The fourth-order valence-electron chi connectivity index (χ4n) is 4.21. The summed E-state index contributed by atoms with van der Waals surface area (Å²) in [6.07, 6.45) is 0.769. The number of nitrogens with one attached hydrogen (secondary N) is 2. The highest BCUT2D eigenvalue weighted by Gasteiger charge is 2.22. The molecule has 3 aromatic carbocycles. The van der Waals surface area contributed by atoms with Crippen LogP contribution in [0.5, 0.6) is 11.5 Å². The standard InChI is InChI=1S/C30H30N2O5/c1-19(25-18-31-26-10-6-5-9-24(25)26)29(33)32-30(34)23-15-20(8-7-13-35-2)14-22(16-23)21-11-12-27(36-3)28(17-21)37-4/h5-6,9-12,14-19,29,31,33H,13H2,1-4H3,(H,32,34)/t19?,29-/m1/s1. The molecule has 1 unspecified atom stereocenters. The van der Waals surface area contributed by atoms with E-state index in [1.165, 1.54) is 0 Å². The summed E-state index contributed by atoms with van der Waals surface area (Å²) in [4.78, 5) is 16.5. The van der Waals surface area contributed by atoms with Crippen LogP contribution in [0.1, 0.15) is 34.3 Å². The SMILES string of the molecule is COCC#Cc1cc(C(=O)N[C@H](O)C(C)c2c[nH]c3ccccc23)cc(-c2ccc(OC)c(OC)c2)c1. The normalized spacial score (nSPS) is 12.4. The third kappa shape index (κ3) is 5.78. The number of rotatable bonds is 8. The van der Waals surface area contributed by atoms with Gasteiger partial charge in [0.2, 0.25) is 0 Å². The molecule has 190 valence electrons. The maximum Gasteiger partial charge on any atom is 0.253 e. The van der Waals surface area contributed by atoms with Gasteiger partial charge >= 0.3 is 0 Å².